The average Bonchev–Trinajstić information content (AvgIpc) is 2.71. The van der Waals surface area contributed by atoms with Crippen LogP contribution in [0, 0.1) is 12.8 Å². The Morgan fingerprint density at radius 1 is 1.69 bits per heavy atom. The highest BCUT2D eigenvalue weighted by atomic mass is 32.1. The molecule has 0 bridgehead atoms. The fourth-order valence-corrected chi connectivity index (χ4v) is 1.93. The molecule has 0 aliphatic carbocycles. The summed E-state index contributed by atoms with van der Waals surface area (Å²) in [5, 5.41) is 4.19. The van der Waals surface area contributed by atoms with Gasteiger partial charge in [-0.15, -0.1) is 0 Å². The third-order valence-electron chi connectivity index (χ3n) is 2.09. The second kappa shape index (κ2) is 4.02. The van der Waals surface area contributed by atoms with Crippen LogP contribution in [0.4, 0.5) is 5.13 Å². The number of anilines is 1. The molecule has 1 unspecified atom stereocenters. The minimum Gasteiger partial charge on any atom is -0.381 e. The number of ether oxygens (including phenoxy) is 1. The number of hydrogen-bond acceptors (Lipinski definition) is 5. The van der Waals surface area contributed by atoms with Gasteiger partial charge in [-0.25, -0.2) is 4.98 Å². The summed E-state index contributed by atoms with van der Waals surface area (Å²) in [5.41, 5.74) is 0. The third-order valence-corrected chi connectivity index (χ3v) is 2.86. The van der Waals surface area contributed by atoms with Gasteiger partial charge in [-0.2, -0.15) is 4.37 Å². The van der Waals surface area contributed by atoms with Crippen molar-refractivity contribution >= 4 is 16.7 Å². The van der Waals surface area contributed by atoms with Gasteiger partial charge in [0.2, 0.25) is 5.13 Å². The molecule has 5 heteroatoms. The van der Waals surface area contributed by atoms with E-state index in [2.05, 4.69) is 14.7 Å². The van der Waals surface area contributed by atoms with Crippen LogP contribution >= 0.6 is 11.5 Å². The number of hydrogen-bond donors (Lipinski definition) is 1. The van der Waals surface area contributed by atoms with Gasteiger partial charge in [0.15, 0.2) is 0 Å². The van der Waals surface area contributed by atoms with Crippen LogP contribution in [0.2, 0.25) is 0 Å². The Bertz CT molecular complexity index is 270. The van der Waals surface area contributed by atoms with Crippen LogP contribution in [-0.2, 0) is 4.74 Å². The number of aromatic nitrogens is 2. The van der Waals surface area contributed by atoms with Crippen molar-refractivity contribution in [2.24, 2.45) is 5.92 Å². The van der Waals surface area contributed by atoms with Crippen LogP contribution < -0.4 is 5.32 Å². The third kappa shape index (κ3) is 2.38. The predicted molar refractivity (Wildman–Crippen MR) is 52.1 cm³/mol. The van der Waals surface area contributed by atoms with Crippen molar-refractivity contribution in [2.75, 3.05) is 25.1 Å². The Hall–Kier alpha value is -0.680. The van der Waals surface area contributed by atoms with E-state index in [1.165, 1.54) is 11.5 Å². The van der Waals surface area contributed by atoms with E-state index in [0.717, 1.165) is 37.1 Å². The van der Waals surface area contributed by atoms with E-state index >= 15 is 0 Å². The van der Waals surface area contributed by atoms with E-state index in [1.807, 2.05) is 6.92 Å². The Morgan fingerprint density at radius 2 is 2.62 bits per heavy atom. The van der Waals surface area contributed by atoms with Gasteiger partial charge < -0.3 is 10.1 Å². The summed E-state index contributed by atoms with van der Waals surface area (Å²) in [6, 6.07) is 0. The van der Waals surface area contributed by atoms with E-state index in [1.54, 1.807) is 0 Å². The molecule has 1 aromatic heterocycles. The first-order valence-electron chi connectivity index (χ1n) is 4.46. The lowest BCUT2D eigenvalue weighted by atomic mass is 10.1. The lowest BCUT2D eigenvalue weighted by Gasteiger charge is -2.06. The van der Waals surface area contributed by atoms with Gasteiger partial charge in [0.25, 0.3) is 0 Å². The summed E-state index contributed by atoms with van der Waals surface area (Å²) in [5.74, 6) is 1.49. The zero-order chi connectivity index (χ0) is 9.10. The highest BCUT2D eigenvalue weighted by molar-refractivity contribution is 7.09. The summed E-state index contributed by atoms with van der Waals surface area (Å²) >= 11 is 1.42. The van der Waals surface area contributed by atoms with Crippen molar-refractivity contribution in [3.63, 3.8) is 0 Å². The molecule has 1 fully saturated rings. The van der Waals surface area contributed by atoms with Crippen molar-refractivity contribution in [1.29, 1.82) is 0 Å². The molecule has 0 spiro atoms. The lowest BCUT2D eigenvalue weighted by molar-refractivity contribution is 0.187. The maximum atomic E-state index is 5.28. The molecule has 2 rings (SSSR count). The smallest absolute Gasteiger partial charge is 0.202 e. The van der Waals surface area contributed by atoms with Gasteiger partial charge in [0, 0.05) is 30.6 Å². The lowest BCUT2D eigenvalue weighted by Crippen LogP contribution is -2.13. The molecule has 1 saturated heterocycles. The number of nitrogens with one attached hydrogen (secondary N) is 1. The van der Waals surface area contributed by atoms with Crippen LogP contribution in [0.1, 0.15) is 12.2 Å². The highest BCUT2D eigenvalue weighted by Gasteiger charge is 2.15. The van der Waals surface area contributed by atoms with E-state index in [9.17, 15) is 0 Å². The first-order valence-corrected chi connectivity index (χ1v) is 5.24. The summed E-state index contributed by atoms with van der Waals surface area (Å²) < 4.78 is 9.38. The van der Waals surface area contributed by atoms with Gasteiger partial charge in [0.05, 0.1) is 6.61 Å². The van der Waals surface area contributed by atoms with E-state index in [4.69, 9.17) is 4.74 Å². The van der Waals surface area contributed by atoms with Gasteiger partial charge in [-0.05, 0) is 13.3 Å². The van der Waals surface area contributed by atoms with E-state index < -0.39 is 0 Å². The zero-order valence-electron chi connectivity index (χ0n) is 7.62. The predicted octanol–water partition coefficient (Wildman–Crippen LogP) is 1.29. The quantitative estimate of drug-likeness (QED) is 0.797. The Kier molecular flexibility index (Phi) is 2.75. The summed E-state index contributed by atoms with van der Waals surface area (Å²) in [6.07, 6.45) is 1.16. The SMILES string of the molecule is Cc1nsc(NCC2CCOC2)n1. The van der Waals surface area contributed by atoms with Gasteiger partial charge in [-0.1, -0.05) is 0 Å². The van der Waals surface area contributed by atoms with Crippen LogP contribution in [0.5, 0.6) is 0 Å². The topological polar surface area (TPSA) is 47.0 Å². The molecule has 4 nitrogen and oxygen atoms in total. The normalized spacial score (nSPS) is 22.1. The first-order chi connectivity index (χ1) is 6.34. The zero-order valence-corrected chi connectivity index (χ0v) is 8.43. The van der Waals surface area contributed by atoms with Crippen molar-refractivity contribution in [1.82, 2.24) is 9.36 Å². The monoisotopic (exact) mass is 199 g/mol. The molecule has 13 heavy (non-hydrogen) atoms. The van der Waals surface area contributed by atoms with Gasteiger partial charge in [0.1, 0.15) is 5.82 Å². The molecule has 0 aromatic carbocycles. The molecule has 1 N–H and O–H groups in total. The molecule has 0 radical (unpaired) electrons. The van der Waals surface area contributed by atoms with Crippen molar-refractivity contribution in [3.05, 3.63) is 5.82 Å². The van der Waals surface area contributed by atoms with Crippen molar-refractivity contribution < 1.29 is 4.74 Å². The number of aryl methyl sites for hydroxylation is 1. The molecule has 1 aliphatic heterocycles. The Labute approximate surface area is 81.5 Å². The summed E-state index contributed by atoms with van der Waals surface area (Å²) in [7, 11) is 0. The number of rotatable bonds is 3. The largest absolute Gasteiger partial charge is 0.381 e. The molecule has 2 heterocycles. The molecule has 1 aromatic rings. The van der Waals surface area contributed by atoms with Crippen molar-refractivity contribution in [3.8, 4) is 0 Å². The second-order valence-electron chi connectivity index (χ2n) is 3.26. The number of nitrogens with zero attached hydrogens (tertiary/aromatic N) is 2. The van der Waals surface area contributed by atoms with Crippen molar-refractivity contribution in [2.45, 2.75) is 13.3 Å². The minimum atomic E-state index is 0.643. The van der Waals surface area contributed by atoms with Crippen LogP contribution in [0.25, 0.3) is 0 Å². The molecular formula is C8H13N3OS. The Balaban J connectivity index is 1.78. The summed E-state index contributed by atoms with van der Waals surface area (Å²) in [4.78, 5) is 4.23. The Morgan fingerprint density at radius 3 is 3.23 bits per heavy atom. The second-order valence-corrected chi connectivity index (χ2v) is 4.01. The summed E-state index contributed by atoms with van der Waals surface area (Å²) in [6.45, 7) is 4.64. The standard InChI is InChI=1S/C8H13N3OS/c1-6-10-8(13-11-6)9-4-7-2-3-12-5-7/h7H,2-5H2,1H3,(H,9,10,11). The fraction of sp³-hybridized carbons (Fsp3) is 0.750. The minimum absolute atomic E-state index is 0.643. The average molecular weight is 199 g/mol. The molecular weight excluding hydrogens is 186 g/mol. The van der Waals surface area contributed by atoms with E-state index in [-0.39, 0.29) is 0 Å². The molecule has 1 atom stereocenters. The molecule has 1 aliphatic rings. The van der Waals surface area contributed by atoms with Gasteiger partial charge >= 0.3 is 0 Å². The molecule has 72 valence electrons. The van der Waals surface area contributed by atoms with E-state index in [0.29, 0.717) is 5.92 Å². The van der Waals surface area contributed by atoms with Crippen LogP contribution in [0.15, 0.2) is 0 Å². The van der Waals surface area contributed by atoms with Crippen LogP contribution in [0.3, 0.4) is 0 Å². The highest BCUT2D eigenvalue weighted by Crippen LogP contribution is 2.15. The molecule has 0 amide bonds. The van der Waals surface area contributed by atoms with Gasteiger partial charge in [-0.3, -0.25) is 0 Å². The fourth-order valence-electron chi connectivity index (χ4n) is 1.34. The first kappa shape index (κ1) is 8.90. The maximum Gasteiger partial charge on any atom is 0.202 e. The maximum absolute atomic E-state index is 5.28. The van der Waals surface area contributed by atoms with Crippen LogP contribution in [-0.4, -0.2) is 29.1 Å². The molecule has 0 saturated carbocycles.